The molecular weight excluding hydrogens is 346 g/mol. The van der Waals surface area contributed by atoms with Crippen molar-refractivity contribution in [2.24, 2.45) is 0 Å². The van der Waals surface area contributed by atoms with Crippen LogP contribution in [-0.4, -0.2) is 31.3 Å². The van der Waals surface area contributed by atoms with Crippen LogP contribution >= 0.6 is 22.9 Å². The summed E-state index contributed by atoms with van der Waals surface area (Å²) < 4.78 is 11.3. The number of thiophene rings is 1. The van der Waals surface area contributed by atoms with Gasteiger partial charge in [0.1, 0.15) is 18.0 Å². The fourth-order valence-corrected chi connectivity index (χ4v) is 4.16. The first-order valence-electron chi connectivity index (χ1n) is 8.11. The molecule has 4 nitrogen and oxygen atoms in total. The molecule has 1 saturated heterocycles. The largest absolute Gasteiger partial charge is 0.486 e. The second-order valence-corrected chi connectivity index (χ2v) is 7.34. The van der Waals surface area contributed by atoms with Gasteiger partial charge in [-0.05, 0) is 52.9 Å². The predicted molar refractivity (Wildman–Crippen MR) is 94.9 cm³/mol. The third-order valence-electron chi connectivity index (χ3n) is 4.43. The number of fused-ring (bicyclic) bond motifs is 1. The summed E-state index contributed by atoms with van der Waals surface area (Å²) in [6.45, 7) is 1.14. The van der Waals surface area contributed by atoms with E-state index in [0.29, 0.717) is 18.2 Å². The number of ether oxygens (including phenoxy) is 2. The highest BCUT2D eigenvalue weighted by molar-refractivity contribution is 7.08. The summed E-state index contributed by atoms with van der Waals surface area (Å²) in [6, 6.07) is 6.15. The Hall–Kier alpha value is -1.56. The molecule has 1 fully saturated rings. The van der Waals surface area contributed by atoms with E-state index in [-0.39, 0.29) is 18.1 Å². The first-order chi connectivity index (χ1) is 11.7. The quantitative estimate of drug-likeness (QED) is 0.901. The van der Waals surface area contributed by atoms with Gasteiger partial charge in [-0.3, -0.25) is 4.79 Å². The van der Waals surface area contributed by atoms with Crippen LogP contribution in [0, 0.1) is 0 Å². The first kappa shape index (κ1) is 15.9. The first-order valence-corrected chi connectivity index (χ1v) is 9.44. The molecule has 2 aromatic rings. The second-order valence-electron chi connectivity index (χ2n) is 6.15. The number of hydrogen-bond donors (Lipinski definition) is 1. The molecule has 0 spiro atoms. The Kier molecular flexibility index (Phi) is 4.48. The van der Waals surface area contributed by atoms with Crippen LogP contribution in [0.2, 0.25) is 5.02 Å². The Balaban J connectivity index is 1.42. The van der Waals surface area contributed by atoms with Gasteiger partial charge in [0.05, 0.1) is 11.6 Å². The number of hydrogen-bond acceptors (Lipinski definition) is 4. The molecule has 2 aliphatic heterocycles. The Morgan fingerprint density at radius 2 is 2.29 bits per heavy atom. The highest BCUT2D eigenvalue weighted by atomic mass is 35.5. The molecule has 0 unspecified atom stereocenters. The van der Waals surface area contributed by atoms with Crippen LogP contribution in [0.25, 0.3) is 11.1 Å². The van der Waals surface area contributed by atoms with E-state index in [0.717, 1.165) is 36.1 Å². The molecule has 2 atom stereocenters. The molecule has 1 aromatic heterocycles. The zero-order valence-corrected chi connectivity index (χ0v) is 14.7. The van der Waals surface area contributed by atoms with Gasteiger partial charge < -0.3 is 14.8 Å². The maximum absolute atomic E-state index is 12.0. The number of amides is 1. The van der Waals surface area contributed by atoms with Crippen molar-refractivity contribution in [2.45, 2.75) is 31.5 Å². The van der Waals surface area contributed by atoms with Crippen molar-refractivity contribution in [1.29, 1.82) is 0 Å². The number of nitrogens with one attached hydrogen (secondary N) is 1. The summed E-state index contributed by atoms with van der Waals surface area (Å²) in [6.07, 6.45) is 2.11. The Bertz CT molecular complexity index is 741. The van der Waals surface area contributed by atoms with Crippen LogP contribution in [0.15, 0.2) is 29.0 Å². The number of rotatable bonds is 4. The third kappa shape index (κ3) is 3.16. The van der Waals surface area contributed by atoms with Crippen molar-refractivity contribution in [3.05, 3.63) is 39.5 Å². The average molecular weight is 364 g/mol. The predicted octanol–water partition coefficient (Wildman–Crippen LogP) is 3.67. The molecule has 1 amide bonds. The molecule has 126 valence electrons. The maximum atomic E-state index is 12.0. The zero-order valence-electron chi connectivity index (χ0n) is 13.1. The molecule has 0 bridgehead atoms. The van der Waals surface area contributed by atoms with Gasteiger partial charge in [0.15, 0.2) is 0 Å². The Morgan fingerprint density at radius 1 is 1.38 bits per heavy atom. The van der Waals surface area contributed by atoms with E-state index < -0.39 is 0 Å². The second kappa shape index (κ2) is 6.75. The minimum Gasteiger partial charge on any atom is -0.486 e. The minimum atomic E-state index is -0.303. The van der Waals surface area contributed by atoms with Crippen LogP contribution in [0.3, 0.4) is 0 Å². The SMILES string of the molecule is O=C(NC[C@@H]1Cc2cc(-c3ccsc3)cc(Cl)c2O1)[C@@H]1CCCO1. The fourth-order valence-electron chi connectivity index (χ4n) is 3.21. The summed E-state index contributed by atoms with van der Waals surface area (Å²) >= 11 is 8.06. The highest BCUT2D eigenvalue weighted by Gasteiger charge is 2.28. The van der Waals surface area contributed by atoms with Gasteiger partial charge in [-0.15, -0.1) is 0 Å². The van der Waals surface area contributed by atoms with E-state index in [9.17, 15) is 4.79 Å². The zero-order chi connectivity index (χ0) is 16.5. The van der Waals surface area contributed by atoms with Gasteiger partial charge in [0.25, 0.3) is 0 Å². The number of carbonyl (C=O) groups excluding carboxylic acids is 1. The third-order valence-corrected chi connectivity index (χ3v) is 5.40. The summed E-state index contributed by atoms with van der Waals surface area (Å²) in [4.78, 5) is 12.0. The van der Waals surface area contributed by atoms with Gasteiger partial charge >= 0.3 is 0 Å². The van der Waals surface area contributed by atoms with Crippen molar-refractivity contribution in [2.75, 3.05) is 13.2 Å². The summed E-state index contributed by atoms with van der Waals surface area (Å²) in [7, 11) is 0. The monoisotopic (exact) mass is 363 g/mol. The van der Waals surface area contributed by atoms with Crippen LogP contribution in [0.5, 0.6) is 5.75 Å². The van der Waals surface area contributed by atoms with E-state index >= 15 is 0 Å². The molecular formula is C18H18ClNO3S. The van der Waals surface area contributed by atoms with E-state index in [1.807, 2.05) is 6.07 Å². The van der Waals surface area contributed by atoms with Gasteiger partial charge in [-0.25, -0.2) is 0 Å². The number of halogens is 1. The minimum absolute atomic E-state index is 0.0443. The van der Waals surface area contributed by atoms with Crippen molar-refractivity contribution in [3.63, 3.8) is 0 Å². The average Bonchev–Trinajstić information content (AvgIpc) is 3.32. The van der Waals surface area contributed by atoms with Crippen molar-refractivity contribution in [3.8, 4) is 16.9 Å². The Morgan fingerprint density at radius 3 is 3.04 bits per heavy atom. The van der Waals surface area contributed by atoms with Gasteiger partial charge in [0, 0.05) is 18.6 Å². The fraction of sp³-hybridized carbons (Fsp3) is 0.389. The van der Waals surface area contributed by atoms with E-state index in [4.69, 9.17) is 21.1 Å². The Labute approximate surface area is 149 Å². The van der Waals surface area contributed by atoms with Crippen molar-refractivity contribution in [1.82, 2.24) is 5.32 Å². The molecule has 4 rings (SSSR count). The molecule has 2 aliphatic rings. The molecule has 24 heavy (non-hydrogen) atoms. The van der Waals surface area contributed by atoms with Crippen LogP contribution in [-0.2, 0) is 16.0 Å². The van der Waals surface area contributed by atoms with E-state index in [1.165, 1.54) is 5.56 Å². The standard InChI is InChI=1S/C18H18ClNO3S/c19-15-8-12(11-3-5-24-10-11)6-13-7-14(23-17(13)15)9-20-18(21)16-2-1-4-22-16/h3,5-6,8,10,14,16H,1-2,4,7,9H2,(H,20,21)/t14-,16-/m0/s1. The van der Waals surface area contributed by atoms with Gasteiger partial charge in [0.2, 0.25) is 5.91 Å². The summed E-state index contributed by atoms with van der Waals surface area (Å²) in [5.74, 6) is 0.698. The lowest BCUT2D eigenvalue weighted by Crippen LogP contribution is -2.40. The molecule has 0 radical (unpaired) electrons. The highest BCUT2D eigenvalue weighted by Crippen LogP contribution is 2.39. The van der Waals surface area contributed by atoms with Crippen LogP contribution in [0.1, 0.15) is 18.4 Å². The molecule has 1 aromatic carbocycles. The van der Waals surface area contributed by atoms with Crippen LogP contribution in [0.4, 0.5) is 0 Å². The molecule has 0 saturated carbocycles. The number of benzene rings is 1. The molecule has 3 heterocycles. The molecule has 6 heteroatoms. The number of carbonyl (C=O) groups is 1. The normalized spacial score (nSPS) is 22.2. The van der Waals surface area contributed by atoms with E-state index in [2.05, 4.69) is 28.2 Å². The lowest BCUT2D eigenvalue weighted by Gasteiger charge is -2.14. The smallest absolute Gasteiger partial charge is 0.249 e. The topological polar surface area (TPSA) is 47.6 Å². The lowest BCUT2D eigenvalue weighted by atomic mass is 10.0. The lowest BCUT2D eigenvalue weighted by molar-refractivity contribution is -0.130. The van der Waals surface area contributed by atoms with Gasteiger partial charge in [-0.2, -0.15) is 11.3 Å². The van der Waals surface area contributed by atoms with Crippen molar-refractivity contribution >= 4 is 28.8 Å². The molecule has 1 N–H and O–H groups in total. The van der Waals surface area contributed by atoms with Gasteiger partial charge in [-0.1, -0.05) is 11.6 Å². The van der Waals surface area contributed by atoms with Crippen LogP contribution < -0.4 is 10.1 Å². The summed E-state index contributed by atoms with van der Waals surface area (Å²) in [5.41, 5.74) is 3.37. The van der Waals surface area contributed by atoms with Crippen molar-refractivity contribution < 1.29 is 14.3 Å². The summed E-state index contributed by atoms with van der Waals surface area (Å²) in [5, 5.41) is 7.72. The molecule has 0 aliphatic carbocycles. The maximum Gasteiger partial charge on any atom is 0.249 e. The van der Waals surface area contributed by atoms with E-state index in [1.54, 1.807) is 11.3 Å².